The van der Waals surface area contributed by atoms with Crippen LogP contribution in [0.25, 0.3) is 0 Å². The van der Waals surface area contributed by atoms with Crippen molar-refractivity contribution in [2.45, 2.75) is 13.8 Å². The molecule has 0 aliphatic carbocycles. The first kappa shape index (κ1) is 20.9. The highest BCUT2D eigenvalue weighted by Gasteiger charge is 2.07. The van der Waals surface area contributed by atoms with Gasteiger partial charge in [-0.2, -0.15) is 0 Å². The van der Waals surface area contributed by atoms with Gasteiger partial charge in [-0.3, -0.25) is 0 Å². The summed E-state index contributed by atoms with van der Waals surface area (Å²) in [6.45, 7) is 5.49. The van der Waals surface area contributed by atoms with Crippen LogP contribution in [-0.4, -0.2) is 37.3 Å². The van der Waals surface area contributed by atoms with Gasteiger partial charge in [-0.1, -0.05) is 23.2 Å². The van der Waals surface area contributed by atoms with Crippen molar-refractivity contribution >= 4 is 34.8 Å². The third-order valence-corrected chi connectivity index (χ3v) is 3.69. The van der Waals surface area contributed by atoms with Gasteiger partial charge in [0.25, 0.3) is 0 Å². The quantitative estimate of drug-likeness (QED) is 0.367. The van der Waals surface area contributed by atoms with Gasteiger partial charge in [0.15, 0.2) is 5.96 Å². The number of ether oxygens (including phenoxy) is 3. The molecular weight excluding hydrogens is 391 g/mol. The number of anilines is 1. The number of aromatic nitrogens is 1. The summed E-state index contributed by atoms with van der Waals surface area (Å²) in [6.07, 6.45) is 1.46. The highest BCUT2D eigenvalue weighted by atomic mass is 35.5. The lowest BCUT2D eigenvalue weighted by atomic mass is 10.2. The molecule has 2 aromatic rings. The number of nitrogens with two attached hydrogens (primary N) is 1. The fourth-order valence-corrected chi connectivity index (χ4v) is 2.57. The Morgan fingerprint density at radius 3 is 2.63 bits per heavy atom. The molecule has 0 bridgehead atoms. The molecule has 1 heterocycles. The van der Waals surface area contributed by atoms with E-state index in [1.807, 2.05) is 32.0 Å². The molecule has 0 aliphatic heterocycles. The predicted octanol–water partition coefficient (Wildman–Crippen LogP) is 3.99. The summed E-state index contributed by atoms with van der Waals surface area (Å²) >= 11 is 11.8. The number of halogens is 2. The van der Waals surface area contributed by atoms with E-state index in [9.17, 15) is 0 Å². The van der Waals surface area contributed by atoms with Crippen LogP contribution < -0.4 is 25.3 Å². The van der Waals surface area contributed by atoms with Crippen molar-refractivity contribution in [2.75, 3.05) is 31.7 Å². The molecular formula is C18H22Cl2N4O3. The Hall–Kier alpha value is -2.38. The summed E-state index contributed by atoms with van der Waals surface area (Å²) in [4.78, 5) is 8.23. The summed E-state index contributed by atoms with van der Waals surface area (Å²) in [6, 6.07) is 7.03. The molecule has 27 heavy (non-hydrogen) atoms. The molecule has 0 saturated carbocycles. The van der Waals surface area contributed by atoms with Crippen molar-refractivity contribution in [1.82, 2.24) is 4.98 Å². The van der Waals surface area contributed by atoms with Crippen LogP contribution in [0.5, 0.6) is 17.4 Å². The zero-order valence-electron chi connectivity index (χ0n) is 15.2. The zero-order valence-corrected chi connectivity index (χ0v) is 16.7. The van der Waals surface area contributed by atoms with Crippen molar-refractivity contribution < 1.29 is 14.2 Å². The lowest BCUT2D eigenvalue weighted by molar-refractivity contribution is 0.316. The van der Waals surface area contributed by atoms with Crippen LogP contribution in [0.4, 0.5) is 5.69 Å². The second-order valence-corrected chi connectivity index (χ2v) is 6.05. The van der Waals surface area contributed by atoms with Crippen molar-refractivity contribution in [3.8, 4) is 17.4 Å². The smallest absolute Gasteiger partial charge is 0.232 e. The molecule has 0 fully saturated rings. The van der Waals surface area contributed by atoms with Gasteiger partial charge in [0.2, 0.25) is 5.88 Å². The van der Waals surface area contributed by atoms with Crippen LogP contribution >= 0.6 is 23.2 Å². The van der Waals surface area contributed by atoms with Crippen molar-refractivity contribution in [3.63, 3.8) is 0 Å². The number of hydrogen-bond donors (Lipinski definition) is 2. The van der Waals surface area contributed by atoms with Crippen molar-refractivity contribution in [2.24, 2.45) is 10.7 Å². The SMILES string of the molecule is CCOc1ccc(OCC)c(NC(N)=NCCOc2ncc(Cl)cc2Cl)c1. The van der Waals surface area contributed by atoms with Crippen molar-refractivity contribution in [1.29, 1.82) is 0 Å². The van der Waals surface area contributed by atoms with E-state index in [2.05, 4.69) is 15.3 Å². The molecule has 9 heteroatoms. The second-order valence-electron chi connectivity index (χ2n) is 5.20. The number of benzene rings is 1. The Morgan fingerprint density at radius 1 is 1.15 bits per heavy atom. The van der Waals surface area contributed by atoms with Crippen LogP contribution in [0.15, 0.2) is 35.5 Å². The van der Waals surface area contributed by atoms with Crippen molar-refractivity contribution in [3.05, 3.63) is 40.5 Å². The van der Waals surface area contributed by atoms with Gasteiger partial charge in [-0.05, 0) is 32.0 Å². The lowest BCUT2D eigenvalue weighted by Gasteiger charge is -2.14. The summed E-state index contributed by atoms with van der Waals surface area (Å²) in [5, 5.41) is 3.80. The topological polar surface area (TPSA) is 91.0 Å². The number of pyridine rings is 1. The number of guanidine groups is 1. The fraction of sp³-hybridized carbons (Fsp3) is 0.333. The molecule has 0 amide bonds. The van der Waals surface area contributed by atoms with E-state index in [1.54, 1.807) is 6.07 Å². The lowest BCUT2D eigenvalue weighted by Crippen LogP contribution is -2.24. The van der Waals surface area contributed by atoms with Crippen LogP contribution in [0.1, 0.15) is 13.8 Å². The molecule has 1 aromatic heterocycles. The molecule has 0 saturated heterocycles. The predicted molar refractivity (Wildman–Crippen MR) is 109 cm³/mol. The van der Waals surface area contributed by atoms with E-state index < -0.39 is 0 Å². The average Bonchev–Trinajstić information content (AvgIpc) is 2.63. The minimum absolute atomic E-state index is 0.225. The first-order valence-corrected chi connectivity index (χ1v) is 9.19. The summed E-state index contributed by atoms with van der Waals surface area (Å²) in [5.74, 6) is 1.89. The molecule has 1 aromatic carbocycles. The van der Waals surface area contributed by atoms with E-state index in [0.717, 1.165) is 0 Å². The van der Waals surface area contributed by atoms with E-state index in [1.165, 1.54) is 6.20 Å². The minimum atomic E-state index is 0.225. The van der Waals surface area contributed by atoms with Gasteiger partial charge < -0.3 is 25.3 Å². The summed E-state index contributed by atoms with van der Waals surface area (Å²) in [5.41, 5.74) is 6.63. The monoisotopic (exact) mass is 412 g/mol. The number of rotatable bonds is 9. The Kier molecular flexibility index (Phi) is 8.29. The third-order valence-electron chi connectivity index (χ3n) is 3.21. The molecule has 0 atom stereocenters. The van der Waals surface area contributed by atoms with Gasteiger partial charge in [0.05, 0.1) is 30.5 Å². The minimum Gasteiger partial charge on any atom is -0.494 e. The highest BCUT2D eigenvalue weighted by Crippen LogP contribution is 2.29. The Morgan fingerprint density at radius 2 is 1.93 bits per heavy atom. The summed E-state index contributed by atoms with van der Waals surface area (Å²) < 4.78 is 16.6. The van der Waals surface area contributed by atoms with Crippen LogP contribution in [0.3, 0.4) is 0 Å². The van der Waals surface area contributed by atoms with Crippen LogP contribution in [-0.2, 0) is 0 Å². The molecule has 3 N–H and O–H groups in total. The number of nitrogens with one attached hydrogen (secondary N) is 1. The largest absolute Gasteiger partial charge is 0.494 e. The number of hydrogen-bond acceptors (Lipinski definition) is 5. The van der Waals surface area contributed by atoms with Gasteiger partial charge >= 0.3 is 0 Å². The average molecular weight is 413 g/mol. The first-order valence-electron chi connectivity index (χ1n) is 8.43. The Labute approximate surface area is 168 Å². The molecule has 0 spiro atoms. The molecule has 0 unspecified atom stereocenters. The van der Waals surface area contributed by atoms with Crippen LogP contribution in [0.2, 0.25) is 10.0 Å². The standard InChI is InChI=1S/C18H22Cl2N4O3/c1-3-25-13-5-6-16(26-4-2)15(10-13)24-18(21)22-7-8-27-17-14(20)9-12(19)11-23-17/h5-6,9-11H,3-4,7-8H2,1-2H3,(H3,21,22,24). The van der Waals surface area contributed by atoms with E-state index in [0.29, 0.717) is 52.9 Å². The Balaban J connectivity index is 1.94. The van der Waals surface area contributed by atoms with E-state index >= 15 is 0 Å². The molecule has 146 valence electrons. The van der Waals surface area contributed by atoms with Crippen LogP contribution in [0, 0.1) is 0 Å². The van der Waals surface area contributed by atoms with Gasteiger partial charge in [0, 0.05) is 12.3 Å². The third kappa shape index (κ3) is 6.69. The van der Waals surface area contributed by atoms with E-state index in [4.69, 9.17) is 43.1 Å². The number of nitrogens with zero attached hydrogens (tertiary/aromatic N) is 2. The van der Waals surface area contributed by atoms with Gasteiger partial charge in [-0.25, -0.2) is 9.98 Å². The maximum atomic E-state index is 6.00. The Bertz CT molecular complexity index is 787. The normalized spacial score (nSPS) is 11.2. The van der Waals surface area contributed by atoms with E-state index in [-0.39, 0.29) is 12.6 Å². The molecule has 0 radical (unpaired) electrons. The van der Waals surface area contributed by atoms with Gasteiger partial charge in [0.1, 0.15) is 23.1 Å². The first-order chi connectivity index (χ1) is 13.0. The fourth-order valence-electron chi connectivity index (χ4n) is 2.14. The summed E-state index contributed by atoms with van der Waals surface area (Å²) in [7, 11) is 0. The van der Waals surface area contributed by atoms with Gasteiger partial charge in [-0.15, -0.1) is 0 Å². The molecule has 0 aliphatic rings. The zero-order chi connectivity index (χ0) is 19.6. The molecule has 7 nitrogen and oxygen atoms in total. The number of aliphatic imine (C=N–C) groups is 1. The maximum absolute atomic E-state index is 6.00. The maximum Gasteiger partial charge on any atom is 0.232 e. The molecule has 2 rings (SSSR count). The second kappa shape index (κ2) is 10.7. The highest BCUT2D eigenvalue weighted by molar-refractivity contribution is 6.35.